The number of rotatable bonds is 2. The molecule has 0 aliphatic carbocycles. The fourth-order valence-corrected chi connectivity index (χ4v) is 0.313. The fraction of sp³-hybridized carbons (Fsp3) is 0.800. The van der Waals surface area contributed by atoms with E-state index < -0.39 is 12.1 Å². The average Bonchev–Trinajstić information content (AvgIpc) is 1.65. The van der Waals surface area contributed by atoms with Crippen LogP contribution in [0.1, 0.15) is 13.3 Å². The van der Waals surface area contributed by atoms with Crippen molar-refractivity contribution < 1.29 is 13.9 Å². The minimum atomic E-state index is -1.09. The molecule has 0 saturated heterocycles. The van der Waals surface area contributed by atoms with E-state index in [-0.39, 0.29) is 6.42 Å². The third kappa shape index (κ3) is 3.59. The zero-order valence-corrected chi connectivity index (χ0v) is 4.98. The van der Waals surface area contributed by atoms with Gasteiger partial charge in [-0.2, -0.15) is 0 Å². The Kier molecular flexibility index (Phi) is 3.15. The van der Waals surface area contributed by atoms with Crippen LogP contribution in [0.3, 0.4) is 0 Å². The highest BCUT2D eigenvalue weighted by Gasteiger charge is 2.05. The molecular weight excluding hydrogens is 111 g/mol. The highest BCUT2D eigenvalue weighted by Crippen LogP contribution is 1.95. The van der Waals surface area contributed by atoms with Crippen molar-refractivity contribution in [3.05, 3.63) is 0 Å². The van der Waals surface area contributed by atoms with Gasteiger partial charge in [0.1, 0.15) is 6.17 Å². The van der Waals surface area contributed by atoms with Crippen molar-refractivity contribution in [3.63, 3.8) is 0 Å². The largest absolute Gasteiger partial charge is 0.469 e. The van der Waals surface area contributed by atoms with E-state index in [1.165, 1.54) is 14.0 Å². The molecule has 0 amide bonds. The molecule has 0 aromatic heterocycles. The topological polar surface area (TPSA) is 26.3 Å². The van der Waals surface area contributed by atoms with Gasteiger partial charge in [-0.3, -0.25) is 4.79 Å². The van der Waals surface area contributed by atoms with Crippen molar-refractivity contribution in [1.82, 2.24) is 0 Å². The first-order valence-corrected chi connectivity index (χ1v) is 2.37. The van der Waals surface area contributed by atoms with Gasteiger partial charge in [-0.15, -0.1) is 0 Å². The molecule has 0 rings (SSSR count). The van der Waals surface area contributed by atoms with Gasteiger partial charge in [0.05, 0.1) is 13.5 Å². The molecule has 1 atom stereocenters. The van der Waals surface area contributed by atoms with Crippen LogP contribution in [0.25, 0.3) is 0 Å². The molecule has 0 heterocycles. The Morgan fingerprint density at radius 2 is 2.38 bits per heavy atom. The Morgan fingerprint density at radius 3 is 2.50 bits per heavy atom. The van der Waals surface area contributed by atoms with E-state index in [0.29, 0.717) is 0 Å². The Bertz CT molecular complexity index is 80.5. The summed E-state index contributed by atoms with van der Waals surface area (Å²) in [6.07, 6.45) is -1.24. The molecule has 1 unspecified atom stereocenters. The third-order valence-corrected chi connectivity index (χ3v) is 0.676. The molecule has 0 saturated carbocycles. The van der Waals surface area contributed by atoms with E-state index in [1.807, 2.05) is 0 Å². The van der Waals surface area contributed by atoms with Crippen molar-refractivity contribution in [3.8, 4) is 0 Å². The van der Waals surface area contributed by atoms with Crippen molar-refractivity contribution in [2.24, 2.45) is 0 Å². The summed E-state index contributed by atoms with van der Waals surface area (Å²) < 4.78 is 16.0. The first kappa shape index (κ1) is 7.40. The van der Waals surface area contributed by atoms with Gasteiger partial charge >= 0.3 is 5.97 Å². The average molecular weight is 120 g/mol. The molecule has 0 N–H and O–H groups in total. The van der Waals surface area contributed by atoms with Gasteiger partial charge in [-0.25, -0.2) is 4.39 Å². The van der Waals surface area contributed by atoms with Crippen LogP contribution in [0.15, 0.2) is 0 Å². The Balaban J connectivity index is 3.25. The molecule has 0 fully saturated rings. The lowest BCUT2D eigenvalue weighted by atomic mass is 10.3. The zero-order chi connectivity index (χ0) is 6.57. The fourth-order valence-electron chi connectivity index (χ4n) is 0.313. The van der Waals surface area contributed by atoms with E-state index in [9.17, 15) is 9.18 Å². The first-order valence-electron chi connectivity index (χ1n) is 2.37. The second-order valence-electron chi connectivity index (χ2n) is 1.56. The summed E-state index contributed by atoms with van der Waals surface area (Å²) in [5.41, 5.74) is 0. The van der Waals surface area contributed by atoms with Gasteiger partial charge in [0.25, 0.3) is 0 Å². The SMILES string of the molecule is COC(=O)CC(C)F. The van der Waals surface area contributed by atoms with Crippen LogP contribution >= 0.6 is 0 Å². The number of hydrogen-bond donors (Lipinski definition) is 0. The molecule has 0 aliphatic heterocycles. The van der Waals surface area contributed by atoms with Crippen LogP contribution in [0.5, 0.6) is 0 Å². The first-order chi connectivity index (χ1) is 3.66. The van der Waals surface area contributed by atoms with Gasteiger partial charge in [-0.1, -0.05) is 0 Å². The Labute approximate surface area is 47.6 Å². The molecule has 0 bridgehead atoms. The van der Waals surface area contributed by atoms with Gasteiger partial charge in [0.2, 0.25) is 0 Å². The highest BCUT2D eigenvalue weighted by molar-refractivity contribution is 5.69. The van der Waals surface area contributed by atoms with Crippen LogP contribution in [0.4, 0.5) is 4.39 Å². The number of carbonyl (C=O) groups excluding carboxylic acids is 1. The molecule has 0 aromatic carbocycles. The number of esters is 1. The molecule has 0 spiro atoms. The van der Waals surface area contributed by atoms with Crippen LogP contribution in [-0.4, -0.2) is 19.3 Å². The summed E-state index contributed by atoms with van der Waals surface area (Å²) in [6, 6.07) is 0. The van der Waals surface area contributed by atoms with Gasteiger partial charge in [-0.05, 0) is 6.92 Å². The normalized spacial score (nSPS) is 12.9. The van der Waals surface area contributed by atoms with E-state index in [1.54, 1.807) is 0 Å². The molecule has 2 nitrogen and oxygen atoms in total. The molecule has 48 valence electrons. The van der Waals surface area contributed by atoms with E-state index in [4.69, 9.17) is 0 Å². The van der Waals surface area contributed by atoms with Crippen LogP contribution in [0, 0.1) is 0 Å². The number of carbonyl (C=O) groups is 1. The number of methoxy groups -OCH3 is 1. The maximum absolute atomic E-state index is 11.8. The molecule has 3 heteroatoms. The predicted molar refractivity (Wildman–Crippen MR) is 27.2 cm³/mol. The standard InChI is InChI=1S/C5H9FO2/c1-4(6)3-5(7)8-2/h4H,3H2,1-2H3. The highest BCUT2D eigenvalue weighted by atomic mass is 19.1. The van der Waals surface area contributed by atoms with Crippen molar-refractivity contribution in [2.45, 2.75) is 19.5 Å². The number of ether oxygens (including phenoxy) is 1. The Hall–Kier alpha value is -0.600. The third-order valence-electron chi connectivity index (χ3n) is 0.676. The second-order valence-corrected chi connectivity index (χ2v) is 1.56. The lowest BCUT2D eigenvalue weighted by Gasteiger charge is -1.96. The summed E-state index contributed by atoms with van der Waals surface area (Å²) in [5, 5.41) is 0. The number of halogens is 1. The summed E-state index contributed by atoms with van der Waals surface area (Å²) in [4.78, 5) is 10.2. The van der Waals surface area contributed by atoms with Gasteiger partial charge in [0, 0.05) is 0 Å². The monoisotopic (exact) mass is 120 g/mol. The van der Waals surface area contributed by atoms with Gasteiger partial charge in [0.15, 0.2) is 0 Å². The smallest absolute Gasteiger partial charge is 0.308 e. The molecule has 0 radical (unpaired) electrons. The van der Waals surface area contributed by atoms with Crippen molar-refractivity contribution in [2.75, 3.05) is 7.11 Å². The van der Waals surface area contributed by atoms with E-state index in [2.05, 4.69) is 4.74 Å². The molecular formula is C5H9FO2. The van der Waals surface area contributed by atoms with Crippen LogP contribution in [0.2, 0.25) is 0 Å². The quantitative estimate of drug-likeness (QED) is 0.506. The maximum atomic E-state index is 11.8. The van der Waals surface area contributed by atoms with Crippen LogP contribution < -0.4 is 0 Å². The minimum absolute atomic E-state index is 0.142. The zero-order valence-electron chi connectivity index (χ0n) is 4.98. The predicted octanol–water partition coefficient (Wildman–Crippen LogP) is 0.907. The summed E-state index contributed by atoms with van der Waals surface area (Å²) >= 11 is 0. The van der Waals surface area contributed by atoms with Crippen molar-refractivity contribution >= 4 is 5.97 Å². The molecule has 8 heavy (non-hydrogen) atoms. The molecule has 0 aromatic rings. The van der Waals surface area contributed by atoms with Crippen molar-refractivity contribution in [1.29, 1.82) is 0 Å². The summed E-state index contributed by atoms with van der Waals surface area (Å²) in [6.45, 7) is 1.32. The Morgan fingerprint density at radius 1 is 1.88 bits per heavy atom. The number of hydrogen-bond acceptors (Lipinski definition) is 2. The second kappa shape index (κ2) is 3.41. The minimum Gasteiger partial charge on any atom is -0.469 e. The van der Waals surface area contributed by atoms with Crippen LogP contribution in [-0.2, 0) is 9.53 Å². The number of alkyl halides is 1. The van der Waals surface area contributed by atoms with E-state index in [0.717, 1.165) is 0 Å². The summed E-state index contributed by atoms with van der Waals surface area (Å²) in [5.74, 6) is -0.500. The maximum Gasteiger partial charge on any atom is 0.308 e. The lowest BCUT2D eigenvalue weighted by molar-refractivity contribution is -0.141. The summed E-state index contributed by atoms with van der Waals surface area (Å²) in [7, 11) is 1.24. The van der Waals surface area contributed by atoms with Gasteiger partial charge < -0.3 is 4.74 Å². The van der Waals surface area contributed by atoms with E-state index >= 15 is 0 Å². The lowest BCUT2D eigenvalue weighted by Crippen LogP contribution is -2.06. The molecule has 0 aliphatic rings.